The second kappa shape index (κ2) is 7.89. The van der Waals surface area contributed by atoms with Crippen LogP contribution in [0.5, 0.6) is 0 Å². The Bertz CT molecular complexity index is 1010. The van der Waals surface area contributed by atoms with Crippen LogP contribution in [0, 0.1) is 5.82 Å². The Hall–Kier alpha value is -3.05. The number of hydrogen-bond donors (Lipinski definition) is 2. The third-order valence-electron chi connectivity index (χ3n) is 4.02. The van der Waals surface area contributed by atoms with Crippen molar-refractivity contribution in [3.8, 4) is 22.5 Å². The van der Waals surface area contributed by atoms with Gasteiger partial charge in [-0.05, 0) is 17.7 Å². The topological polar surface area (TPSA) is 67.6 Å². The zero-order valence-electron chi connectivity index (χ0n) is 14.8. The van der Waals surface area contributed by atoms with Crippen LogP contribution in [0.1, 0.15) is 19.4 Å². The molecule has 132 valence electrons. The van der Waals surface area contributed by atoms with Crippen LogP contribution < -0.4 is 5.73 Å². The molecule has 3 N–H and O–H groups in total. The van der Waals surface area contributed by atoms with E-state index >= 15 is 0 Å². The summed E-state index contributed by atoms with van der Waals surface area (Å²) in [5.41, 5.74) is 10.0. The van der Waals surface area contributed by atoms with Crippen LogP contribution in [-0.2, 0) is 6.54 Å². The number of halogens is 1. The van der Waals surface area contributed by atoms with E-state index in [2.05, 4.69) is 15.0 Å². The number of aromatic amines is 1. The number of hydrogen-bond acceptors (Lipinski definition) is 3. The van der Waals surface area contributed by atoms with Crippen LogP contribution in [0.2, 0.25) is 0 Å². The molecule has 0 amide bonds. The highest BCUT2D eigenvalue weighted by atomic mass is 19.1. The van der Waals surface area contributed by atoms with E-state index in [1.54, 1.807) is 12.3 Å². The van der Waals surface area contributed by atoms with Crippen molar-refractivity contribution < 1.29 is 4.39 Å². The van der Waals surface area contributed by atoms with Crippen molar-refractivity contribution in [1.29, 1.82) is 0 Å². The molecule has 4 rings (SSSR count). The van der Waals surface area contributed by atoms with E-state index in [0.29, 0.717) is 11.2 Å². The maximum atomic E-state index is 14.1. The van der Waals surface area contributed by atoms with Gasteiger partial charge in [0.25, 0.3) is 0 Å². The molecular formula is C21H21FN4. The van der Waals surface area contributed by atoms with Gasteiger partial charge in [0, 0.05) is 29.4 Å². The van der Waals surface area contributed by atoms with Crippen LogP contribution in [0.4, 0.5) is 4.39 Å². The molecule has 0 unspecified atom stereocenters. The molecule has 0 bridgehead atoms. The number of nitrogens with two attached hydrogens (primary N) is 1. The minimum absolute atomic E-state index is 0.181. The predicted molar refractivity (Wildman–Crippen MR) is 104 cm³/mol. The molecule has 2 heterocycles. The Morgan fingerprint density at radius 1 is 1.00 bits per heavy atom. The number of H-pyrrole nitrogens is 1. The first-order chi connectivity index (χ1) is 12.8. The molecule has 0 saturated carbocycles. The van der Waals surface area contributed by atoms with Crippen molar-refractivity contribution in [1.82, 2.24) is 15.0 Å². The van der Waals surface area contributed by atoms with Gasteiger partial charge in [-0.25, -0.2) is 14.4 Å². The minimum Gasteiger partial charge on any atom is -0.336 e. The van der Waals surface area contributed by atoms with E-state index in [4.69, 9.17) is 5.73 Å². The maximum Gasteiger partial charge on any atom is 0.178 e. The Balaban J connectivity index is 0.000000948. The second-order valence-electron chi connectivity index (χ2n) is 5.52. The zero-order chi connectivity index (χ0) is 18.5. The SMILES string of the molecule is CC.NCc1ccc(-c2ccnc3nc(-c4ccccc4)[nH]c23)cc1F. The van der Waals surface area contributed by atoms with Crippen molar-refractivity contribution in [3.63, 3.8) is 0 Å². The quantitative estimate of drug-likeness (QED) is 0.552. The highest BCUT2D eigenvalue weighted by Crippen LogP contribution is 2.29. The molecule has 2 aromatic heterocycles. The molecule has 0 aliphatic carbocycles. The lowest BCUT2D eigenvalue weighted by molar-refractivity contribution is 0.611. The molecule has 0 fully saturated rings. The molecule has 0 aliphatic heterocycles. The van der Waals surface area contributed by atoms with Gasteiger partial charge in [0.2, 0.25) is 0 Å². The summed E-state index contributed by atoms with van der Waals surface area (Å²) < 4.78 is 14.1. The summed E-state index contributed by atoms with van der Waals surface area (Å²) in [6.45, 7) is 4.18. The number of aromatic nitrogens is 3. The monoisotopic (exact) mass is 348 g/mol. The summed E-state index contributed by atoms with van der Waals surface area (Å²) in [6.07, 6.45) is 1.68. The van der Waals surface area contributed by atoms with Crippen LogP contribution in [0.3, 0.4) is 0 Å². The van der Waals surface area contributed by atoms with E-state index in [1.165, 1.54) is 6.07 Å². The van der Waals surface area contributed by atoms with E-state index in [0.717, 1.165) is 28.0 Å². The Labute approximate surface area is 151 Å². The lowest BCUT2D eigenvalue weighted by Gasteiger charge is -2.05. The average Bonchev–Trinajstić information content (AvgIpc) is 3.14. The van der Waals surface area contributed by atoms with Gasteiger partial charge in [0.15, 0.2) is 5.65 Å². The lowest BCUT2D eigenvalue weighted by Crippen LogP contribution is -1.99. The number of benzene rings is 2. The van der Waals surface area contributed by atoms with Crippen molar-refractivity contribution in [2.45, 2.75) is 20.4 Å². The number of pyridine rings is 1. The first-order valence-electron chi connectivity index (χ1n) is 8.65. The minimum atomic E-state index is -0.303. The smallest absolute Gasteiger partial charge is 0.178 e. The fourth-order valence-electron chi connectivity index (χ4n) is 2.76. The summed E-state index contributed by atoms with van der Waals surface area (Å²) in [5.74, 6) is 0.437. The first-order valence-corrected chi connectivity index (χ1v) is 8.65. The van der Waals surface area contributed by atoms with Gasteiger partial charge >= 0.3 is 0 Å². The highest BCUT2D eigenvalue weighted by molar-refractivity contribution is 5.91. The average molecular weight is 348 g/mol. The molecule has 0 saturated heterocycles. The van der Waals surface area contributed by atoms with Crippen molar-refractivity contribution >= 4 is 11.2 Å². The van der Waals surface area contributed by atoms with Crippen molar-refractivity contribution in [2.24, 2.45) is 5.73 Å². The zero-order valence-corrected chi connectivity index (χ0v) is 14.8. The standard InChI is InChI=1S/C19H15FN4.C2H6/c20-16-10-13(6-7-14(16)11-21)15-8-9-22-19-17(15)23-18(24-19)12-4-2-1-3-5-12;1-2/h1-10H,11,21H2,(H,22,23,24);1-2H3. The van der Waals surface area contributed by atoms with E-state index in [-0.39, 0.29) is 12.4 Å². The number of nitrogens with zero attached hydrogens (tertiary/aromatic N) is 2. The molecule has 0 atom stereocenters. The molecule has 4 aromatic rings. The van der Waals surface area contributed by atoms with Gasteiger partial charge in [-0.3, -0.25) is 0 Å². The normalized spacial score (nSPS) is 10.5. The largest absolute Gasteiger partial charge is 0.336 e. The Morgan fingerprint density at radius 2 is 1.77 bits per heavy atom. The molecule has 5 heteroatoms. The molecule has 0 aliphatic rings. The third-order valence-corrected chi connectivity index (χ3v) is 4.02. The van der Waals surface area contributed by atoms with E-state index < -0.39 is 0 Å². The van der Waals surface area contributed by atoms with Gasteiger partial charge in [-0.2, -0.15) is 0 Å². The summed E-state index contributed by atoms with van der Waals surface area (Å²) in [4.78, 5) is 12.2. The first kappa shape index (κ1) is 17.8. The predicted octanol–water partition coefficient (Wildman–Crippen LogP) is 4.92. The number of nitrogens with one attached hydrogen (secondary N) is 1. The third kappa shape index (κ3) is 3.34. The summed E-state index contributed by atoms with van der Waals surface area (Å²) in [7, 11) is 0. The molecule has 0 radical (unpaired) electrons. The van der Waals surface area contributed by atoms with Gasteiger partial charge < -0.3 is 10.7 Å². The van der Waals surface area contributed by atoms with Crippen LogP contribution in [0.15, 0.2) is 60.8 Å². The van der Waals surface area contributed by atoms with E-state index in [9.17, 15) is 4.39 Å². The van der Waals surface area contributed by atoms with Gasteiger partial charge in [0.1, 0.15) is 11.6 Å². The second-order valence-corrected chi connectivity index (χ2v) is 5.52. The lowest BCUT2D eigenvalue weighted by atomic mass is 10.0. The summed E-state index contributed by atoms with van der Waals surface area (Å²) in [6, 6.07) is 16.8. The van der Waals surface area contributed by atoms with Crippen LogP contribution >= 0.6 is 0 Å². The van der Waals surface area contributed by atoms with Crippen molar-refractivity contribution in [2.75, 3.05) is 0 Å². The number of fused-ring (bicyclic) bond motifs is 1. The summed E-state index contributed by atoms with van der Waals surface area (Å²) in [5, 5.41) is 0. The van der Waals surface area contributed by atoms with Crippen molar-refractivity contribution in [3.05, 3.63) is 72.2 Å². The van der Waals surface area contributed by atoms with Gasteiger partial charge in [0.05, 0.1) is 5.52 Å². The number of imidazole rings is 1. The van der Waals surface area contributed by atoms with Gasteiger partial charge in [-0.1, -0.05) is 56.3 Å². The Kier molecular flexibility index (Phi) is 5.39. The van der Waals surface area contributed by atoms with Gasteiger partial charge in [-0.15, -0.1) is 0 Å². The fraction of sp³-hybridized carbons (Fsp3) is 0.143. The molecule has 4 nitrogen and oxygen atoms in total. The van der Waals surface area contributed by atoms with E-state index in [1.807, 2.05) is 56.3 Å². The molecular weight excluding hydrogens is 327 g/mol. The number of rotatable bonds is 3. The van der Waals surface area contributed by atoms with Crippen LogP contribution in [-0.4, -0.2) is 15.0 Å². The Morgan fingerprint density at radius 3 is 2.46 bits per heavy atom. The fourth-order valence-corrected chi connectivity index (χ4v) is 2.76. The summed E-state index contributed by atoms with van der Waals surface area (Å²) >= 11 is 0. The molecule has 2 aromatic carbocycles. The highest BCUT2D eigenvalue weighted by Gasteiger charge is 2.12. The molecule has 26 heavy (non-hydrogen) atoms. The maximum absolute atomic E-state index is 14.1. The van der Waals surface area contributed by atoms with Crippen LogP contribution in [0.25, 0.3) is 33.7 Å². The molecule has 0 spiro atoms.